The first-order valence-electron chi connectivity index (χ1n) is 8.66. The summed E-state index contributed by atoms with van der Waals surface area (Å²) in [6.07, 6.45) is 3.56. The first kappa shape index (κ1) is 18.5. The summed E-state index contributed by atoms with van der Waals surface area (Å²) in [6, 6.07) is 11.5. The summed E-state index contributed by atoms with van der Waals surface area (Å²) in [5.41, 5.74) is 3.91. The highest BCUT2D eigenvalue weighted by Crippen LogP contribution is 2.27. The molecule has 3 aromatic heterocycles. The summed E-state index contributed by atoms with van der Waals surface area (Å²) in [6.45, 7) is 1.97. The molecule has 0 amide bonds. The van der Waals surface area contributed by atoms with Crippen LogP contribution in [0.5, 0.6) is 0 Å². The second-order valence-electron chi connectivity index (χ2n) is 6.24. The van der Waals surface area contributed by atoms with Crippen LogP contribution in [0.2, 0.25) is 5.02 Å². The normalized spacial score (nSPS) is 10.9. The number of thiazole rings is 1. The van der Waals surface area contributed by atoms with Crippen LogP contribution in [0.3, 0.4) is 0 Å². The topological polar surface area (TPSA) is 65.0 Å². The summed E-state index contributed by atoms with van der Waals surface area (Å²) in [7, 11) is 0. The monoisotopic (exact) mass is 409 g/mol. The van der Waals surface area contributed by atoms with Gasteiger partial charge in [0.2, 0.25) is 0 Å². The molecule has 0 aliphatic heterocycles. The number of aromatic nitrogens is 3. The van der Waals surface area contributed by atoms with E-state index in [4.69, 9.17) is 16.3 Å². The van der Waals surface area contributed by atoms with Crippen LogP contribution in [-0.4, -0.2) is 20.9 Å². The van der Waals surface area contributed by atoms with Gasteiger partial charge in [-0.1, -0.05) is 29.8 Å². The largest absolute Gasteiger partial charge is 0.459 e. The number of esters is 1. The lowest BCUT2D eigenvalue weighted by Gasteiger charge is -2.10. The van der Waals surface area contributed by atoms with E-state index < -0.39 is 0 Å². The number of carbonyl (C=O) groups excluding carboxylic acids is 1. The zero-order valence-electron chi connectivity index (χ0n) is 15.1. The van der Waals surface area contributed by atoms with Crippen molar-refractivity contribution in [1.29, 1.82) is 0 Å². The average Bonchev–Trinajstić information content (AvgIpc) is 3.19. The maximum absolute atomic E-state index is 12.3. The van der Waals surface area contributed by atoms with E-state index in [0.29, 0.717) is 16.4 Å². The third-order valence-corrected chi connectivity index (χ3v) is 5.74. The third-order valence-electron chi connectivity index (χ3n) is 4.30. The number of ether oxygens (including phenoxy) is 1. The van der Waals surface area contributed by atoms with Gasteiger partial charge in [0.05, 0.1) is 28.3 Å². The lowest BCUT2D eigenvalue weighted by atomic mass is 10.1. The maximum Gasteiger partial charge on any atom is 0.312 e. The molecular formula is C21H16ClN3O2S. The number of benzene rings is 1. The molecular weight excluding hydrogens is 394 g/mol. The number of hydrogen-bond acceptors (Lipinski definition) is 6. The number of fused-ring (bicyclic) bond motifs is 1. The smallest absolute Gasteiger partial charge is 0.312 e. The van der Waals surface area contributed by atoms with Crippen molar-refractivity contribution in [3.63, 3.8) is 0 Å². The number of hydrogen-bond donors (Lipinski definition) is 0. The Morgan fingerprint density at radius 2 is 2.04 bits per heavy atom. The molecule has 140 valence electrons. The van der Waals surface area contributed by atoms with Gasteiger partial charge >= 0.3 is 5.97 Å². The van der Waals surface area contributed by atoms with Crippen molar-refractivity contribution >= 4 is 39.8 Å². The molecule has 0 bridgehead atoms. The van der Waals surface area contributed by atoms with Crippen molar-refractivity contribution in [2.45, 2.75) is 20.0 Å². The molecule has 0 spiro atoms. The molecule has 0 saturated heterocycles. The van der Waals surface area contributed by atoms with E-state index in [9.17, 15) is 4.79 Å². The van der Waals surface area contributed by atoms with E-state index >= 15 is 0 Å². The Balaban J connectivity index is 1.43. The highest BCUT2D eigenvalue weighted by atomic mass is 35.5. The molecule has 3 heterocycles. The average molecular weight is 410 g/mol. The van der Waals surface area contributed by atoms with E-state index in [2.05, 4.69) is 15.0 Å². The number of rotatable bonds is 5. The minimum atomic E-state index is -0.369. The Hall–Kier alpha value is -2.83. The second-order valence-corrected chi connectivity index (χ2v) is 7.47. The molecule has 7 heteroatoms. The lowest BCUT2D eigenvalue weighted by molar-refractivity contribution is -0.144. The fourth-order valence-corrected chi connectivity index (χ4v) is 3.88. The number of halogens is 1. The molecule has 28 heavy (non-hydrogen) atoms. The Kier molecular flexibility index (Phi) is 5.32. The number of pyridine rings is 2. The number of para-hydroxylation sites is 1. The van der Waals surface area contributed by atoms with E-state index in [0.717, 1.165) is 27.0 Å². The molecule has 0 radical (unpaired) electrons. The molecule has 5 nitrogen and oxygen atoms in total. The van der Waals surface area contributed by atoms with Crippen molar-refractivity contribution in [2.24, 2.45) is 0 Å². The maximum atomic E-state index is 12.3. The van der Waals surface area contributed by atoms with Crippen LogP contribution in [0.4, 0.5) is 0 Å². The van der Waals surface area contributed by atoms with Gasteiger partial charge in [0.25, 0.3) is 0 Å². The zero-order chi connectivity index (χ0) is 19.5. The quantitative estimate of drug-likeness (QED) is 0.434. The lowest BCUT2D eigenvalue weighted by Crippen LogP contribution is -2.09. The molecule has 0 saturated carbocycles. The van der Waals surface area contributed by atoms with Gasteiger partial charge in [-0.3, -0.25) is 9.78 Å². The van der Waals surface area contributed by atoms with Crippen LogP contribution in [0.15, 0.2) is 54.2 Å². The van der Waals surface area contributed by atoms with Crippen molar-refractivity contribution in [1.82, 2.24) is 15.0 Å². The molecule has 0 fully saturated rings. The zero-order valence-corrected chi connectivity index (χ0v) is 16.6. The van der Waals surface area contributed by atoms with Gasteiger partial charge in [-0.15, -0.1) is 11.3 Å². The molecule has 0 aliphatic carbocycles. The van der Waals surface area contributed by atoms with Gasteiger partial charge in [0.15, 0.2) is 0 Å². The third kappa shape index (κ3) is 3.88. The van der Waals surface area contributed by atoms with Gasteiger partial charge in [0.1, 0.15) is 11.6 Å². The standard InChI is InChI=1S/C21H16ClN3O2S/c1-13-16-6-2-3-7-17(16)25-18(20(13)22)11-27-19(26)9-15-12-28-21(24-15)14-5-4-8-23-10-14/h2-8,10,12H,9,11H2,1H3. The highest BCUT2D eigenvalue weighted by molar-refractivity contribution is 7.13. The van der Waals surface area contributed by atoms with Crippen molar-refractivity contribution < 1.29 is 9.53 Å². The fourth-order valence-electron chi connectivity index (χ4n) is 2.87. The van der Waals surface area contributed by atoms with Crippen molar-refractivity contribution in [3.8, 4) is 10.6 Å². The predicted molar refractivity (Wildman–Crippen MR) is 110 cm³/mol. The van der Waals surface area contributed by atoms with Crippen LogP contribution in [-0.2, 0) is 22.6 Å². The van der Waals surface area contributed by atoms with Gasteiger partial charge in [-0.25, -0.2) is 9.97 Å². The summed E-state index contributed by atoms with van der Waals surface area (Å²) in [5.74, 6) is -0.369. The fraction of sp³-hybridized carbons (Fsp3) is 0.143. The minimum Gasteiger partial charge on any atom is -0.459 e. The van der Waals surface area contributed by atoms with E-state index in [-0.39, 0.29) is 19.0 Å². The van der Waals surface area contributed by atoms with E-state index in [1.807, 2.05) is 48.7 Å². The molecule has 0 atom stereocenters. The molecule has 0 N–H and O–H groups in total. The first-order valence-corrected chi connectivity index (χ1v) is 9.91. The Morgan fingerprint density at radius 1 is 1.18 bits per heavy atom. The Morgan fingerprint density at radius 3 is 2.86 bits per heavy atom. The first-order chi connectivity index (χ1) is 13.6. The summed E-state index contributed by atoms with van der Waals surface area (Å²) < 4.78 is 5.40. The van der Waals surface area contributed by atoms with Gasteiger partial charge < -0.3 is 4.74 Å². The van der Waals surface area contributed by atoms with Gasteiger partial charge in [-0.05, 0) is 30.7 Å². The Labute approximate surface area is 171 Å². The molecule has 0 aliphatic rings. The van der Waals surface area contributed by atoms with E-state index in [1.54, 1.807) is 12.4 Å². The second kappa shape index (κ2) is 8.04. The van der Waals surface area contributed by atoms with Gasteiger partial charge in [0, 0.05) is 28.7 Å². The van der Waals surface area contributed by atoms with E-state index in [1.165, 1.54) is 11.3 Å². The van der Waals surface area contributed by atoms with Crippen LogP contribution in [0, 0.1) is 6.92 Å². The SMILES string of the molecule is Cc1c(Cl)c(COC(=O)Cc2csc(-c3cccnc3)n2)nc2ccccc12. The summed E-state index contributed by atoms with van der Waals surface area (Å²) in [4.78, 5) is 25.4. The highest BCUT2D eigenvalue weighted by Gasteiger charge is 2.14. The number of carbonyl (C=O) groups is 1. The van der Waals surface area contributed by atoms with Crippen LogP contribution < -0.4 is 0 Å². The van der Waals surface area contributed by atoms with Crippen LogP contribution in [0.25, 0.3) is 21.5 Å². The summed E-state index contributed by atoms with van der Waals surface area (Å²) in [5, 5.41) is 4.20. The summed E-state index contributed by atoms with van der Waals surface area (Å²) >= 11 is 7.89. The van der Waals surface area contributed by atoms with Gasteiger partial charge in [-0.2, -0.15) is 0 Å². The number of aryl methyl sites for hydroxylation is 1. The van der Waals surface area contributed by atoms with Crippen molar-refractivity contribution in [2.75, 3.05) is 0 Å². The molecule has 0 unspecified atom stereocenters. The molecule has 4 rings (SSSR count). The van der Waals surface area contributed by atoms with Crippen molar-refractivity contribution in [3.05, 3.63) is 76.1 Å². The minimum absolute atomic E-state index is 0.0307. The number of nitrogens with zero attached hydrogens (tertiary/aromatic N) is 3. The van der Waals surface area contributed by atoms with Crippen LogP contribution >= 0.6 is 22.9 Å². The molecule has 1 aromatic carbocycles. The molecule has 4 aromatic rings. The predicted octanol–water partition coefficient (Wildman–Crippen LogP) is 5.00. The van der Waals surface area contributed by atoms with Crippen LogP contribution in [0.1, 0.15) is 17.0 Å². The Bertz CT molecular complexity index is 1150.